The SMILES string of the molecule is COc1ccc(CNCC(O)C(C)(C)C)cc1F. The Balaban J connectivity index is 2.47. The lowest BCUT2D eigenvalue weighted by Gasteiger charge is -2.26. The topological polar surface area (TPSA) is 41.5 Å². The Bertz CT molecular complexity index is 388. The molecule has 1 atom stereocenters. The van der Waals surface area contributed by atoms with E-state index < -0.39 is 6.10 Å². The van der Waals surface area contributed by atoms with Gasteiger partial charge in [0.1, 0.15) is 0 Å². The van der Waals surface area contributed by atoms with Crippen LogP contribution in [0.4, 0.5) is 4.39 Å². The van der Waals surface area contributed by atoms with Crippen LogP contribution in [0.5, 0.6) is 5.75 Å². The summed E-state index contributed by atoms with van der Waals surface area (Å²) < 4.78 is 18.3. The fourth-order valence-corrected chi connectivity index (χ4v) is 1.48. The largest absolute Gasteiger partial charge is 0.494 e. The molecule has 1 rings (SSSR count). The first kappa shape index (κ1) is 14.9. The first-order valence-corrected chi connectivity index (χ1v) is 6.06. The zero-order chi connectivity index (χ0) is 13.8. The van der Waals surface area contributed by atoms with E-state index in [2.05, 4.69) is 5.32 Å². The fourth-order valence-electron chi connectivity index (χ4n) is 1.48. The van der Waals surface area contributed by atoms with E-state index in [1.165, 1.54) is 13.2 Å². The highest BCUT2D eigenvalue weighted by molar-refractivity contribution is 5.29. The van der Waals surface area contributed by atoms with Gasteiger partial charge in [-0.25, -0.2) is 4.39 Å². The standard InChI is InChI=1S/C14H22FNO2/c1-14(2,3)13(17)9-16-8-10-5-6-12(18-4)11(15)7-10/h5-7,13,16-17H,8-9H2,1-4H3. The lowest BCUT2D eigenvalue weighted by molar-refractivity contribution is 0.0627. The molecule has 3 nitrogen and oxygen atoms in total. The Morgan fingerprint density at radius 2 is 2.06 bits per heavy atom. The smallest absolute Gasteiger partial charge is 0.165 e. The van der Waals surface area contributed by atoms with Crippen LogP contribution in [0.3, 0.4) is 0 Å². The molecule has 102 valence electrons. The third-order valence-electron chi connectivity index (χ3n) is 2.88. The zero-order valence-electron chi connectivity index (χ0n) is 11.5. The van der Waals surface area contributed by atoms with Gasteiger partial charge in [0.05, 0.1) is 13.2 Å². The maximum atomic E-state index is 13.4. The summed E-state index contributed by atoms with van der Waals surface area (Å²) >= 11 is 0. The van der Waals surface area contributed by atoms with Gasteiger partial charge in [0, 0.05) is 13.1 Å². The molecule has 0 spiro atoms. The molecule has 4 heteroatoms. The average Bonchev–Trinajstić information content (AvgIpc) is 2.28. The quantitative estimate of drug-likeness (QED) is 0.848. The minimum absolute atomic E-state index is 0.155. The summed E-state index contributed by atoms with van der Waals surface area (Å²) in [7, 11) is 1.44. The maximum absolute atomic E-state index is 13.4. The molecule has 0 aliphatic rings. The summed E-state index contributed by atoms with van der Waals surface area (Å²) in [5.74, 6) is -0.123. The second kappa shape index (κ2) is 6.16. The lowest BCUT2D eigenvalue weighted by Crippen LogP contribution is -2.36. The van der Waals surface area contributed by atoms with Crippen LogP contribution in [0.1, 0.15) is 26.3 Å². The minimum Gasteiger partial charge on any atom is -0.494 e. The van der Waals surface area contributed by atoms with E-state index in [0.29, 0.717) is 13.1 Å². The molecular weight excluding hydrogens is 233 g/mol. The normalized spacial score (nSPS) is 13.4. The first-order chi connectivity index (χ1) is 8.34. The molecule has 18 heavy (non-hydrogen) atoms. The van der Waals surface area contributed by atoms with Gasteiger partial charge in [0.15, 0.2) is 11.6 Å². The van der Waals surface area contributed by atoms with Crippen LogP contribution in [-0.4, -0.2) is 24.9 Å². The number of ether oxygens (including phenoxy) is 1. The van der Waals surface area contributed by atoms with Crippen LogP contribution < -0.4 is 10.1 Å². The lowest BCUT2D eigenvalue weighted by atomic mass is 9.89. The Hall–Kier alpha value is -1.13. The Kier molecular flexibility index (Phi) is 5.11. The molecule has 1 aromatic carbocycles. The van der Waals surface area contributed by atoms with Crippen molar-refractivity contribution in [3.8, 4) is 5.75 Å². The van der Waals surface area contributed by atoms with E-state index in [9.17, 15) is 9.50 Å². The number of halogens is 1. The molecule has 0 aliphatic heterocycles. The highest BCUT2D eigenvalue weighted by Crippen LogP contribution is 2.19. The number of aliphatic hydroxyl groups is 1. The highest BCUT2D eigenvalue weighted by atomic mass is 19.1. The van der Waals surface area contributed by atoms with Gasteiger partial charge < -0.3 is 15.2 Å². The number of hydrogen-bond donors (Lipinski definition) is 2. The predicted molar refractivity (Wildman–Crippen MR) is 70.1 cm³/mol. The van der Waals surface area contributed by atoms with Crippen LogP contribution >= 0.6 is 0 Å². The van der Waals surface area contributed by atoms with Crippen molar-refractivity contribution in [1.82, 2.24) is 5.32 Å². The van der Waals surface area contributed by atoms with E-state index in [4.69, 9.17) is 4.74 Å². The molecule has 0 heterocycles. The molecule has 1 unspecified atom stereocenters. The highest BCUT2D eigenvalue weighted by Gasteiger charge is 2.21. The second-order valence-corrected chi connectivity index (χ2v) is 5.48. The van der Waals surface area contributed by atoms with Crippen molar-refractivity contribution in [3.05, 3.63) is 29.6 Å². The second-order valence-electron chi connectivity index (χ2n) is 5.48. The fraction of sp³-hybridized carbons (Fsp3) is 0.571. The summed E-state index contributed by atoms with van der Waals surface area (Å²) in [4.78, 5) is 0. The van der Waals surface area contributed by atoms with Gasteiger partial charge in [-0.3, -0.25) is 0 Å². The van der Waals surface area contributed by atoms with E-state index in [1.54, 1.807) is 12.1 Å². The number of benzene rings is 1. The Morgan fingerprint density at radius 1 is 1.39 bits per heavy atom. The number of hydrogen-bond acceptors (Lipinski definition) is 3. The van der Waals surface area contributed by atoms with E-state index in [-0.39, 0.29) is 17.0 Å². The van der Waals surface area contributed by atoms with Crippen molar-refractivity contribution in [2.24, 2.45) is 5.41 Å². The maximum Gasteiger partial charge on any atom is 0.165 e. The van der Waals surface area contributed by atoms with Gasteiger partial charge in [-0.15, -0.1) is 0 Å². The Morgan fingerprint density at radius 3 is 2.56 bits per heavy atom. The summed E-state index contributed by atoms with van der Waals surface area (Å²) in [5, 5.41) is 13.0. The third kappa shape index (κ3) is 4.27. The number of nitrogens with one attached hydrogen (secondary N) is 1. The summed E-state index contributed by atoms with van der Waals surface area (Å²) in [5.41, 5.74) is 0.674. The summed E-state index contributed by atoms with van der Waals surface area (Å²) in [6.45, 7) is 6.94. The number of rotatable bonds is 5. The number of aliphatic hydroxyl groups excluding tert-OH is 1. The van der Waals surface area contributed by atoms with Crippen molar-refractivity contribution < 1.29 is 14.2 Å². The molecule has 2 N–H and O–H groups in total. The molecule has 0 aromatic heterocycles. The third-order valence-corrected chi connectivity index (χ3v) is 2.88. The zero-order valence-corrected chi connectivity index (χ0v) is 11.5. The molecule has 0 aliphatic carbocycles. The van der Waals surface area contributed by atoms with E-state index >= 15 is 0 Å². The molecule has 0 saturated carbocycles. The van der Waals surface area contributed by atoms with Crippen LogP contribution in [-0.2, 0) is 6.54 Å². The Labute approximate surface area is 108 Å². The summed E-state index contributed by atoms with van der Waals surface area (Å²) in [6.07, 6.45) is -0.430. The van der Waals surface area contributed by atoms with Crippen molar-refractivity contribution >= 4 is 0 Å². The van der Waals surface area contributed by atoms with Crippen LogP contribution in [0.15, 0.2) is 18.2 Å². The molecule has 0 fully saturated rings. The molecule has 0 radical (unpaired) electrons. The number of methoxy groups -OCH3 is 1. The van der Waals surface area contributed by atoms with Crippen molar-refractivity contribution in [2.45, 2.75) is 33.4 Å². The van der Waals surface area contributed by atoms with Crippen molar-refractivity contribution in [2.75, 3.05) is 13.7 Å². The van der Waals surface area contributed by atoms with Crippen LogP contribution in [0, 0.1) is 11.2 Å². The van der Waals surface area contributed by atoms with Gasteiger partial charge in [0.25, 0.3) is 0 Å². The molecule has 0 saturated heterocycles. The van der Waals surface area contributed by atoms with Crippen molar-refractivity contribution in [3.63, 3.8) is 0 Å². The van der Waals surface area contributed by atoms with Crippen molar-refractivity contribution in [1.29, 1.82) is 0 Å². The van der Waals surface area contributed by atoms with Crippen LogP contribution in [0.2, 0.25) is 0 Å². The van der Waals surface area contributed by atoms with Gasteiger partial charge in [-0.1, -0.05) is 26.8 Å². The molecular formula is C14H22FNO2. The first-order valence-electron chi connectivity index (χ1n) is 6.06. The van der Waals surface area contributed by atoms with E-state index in [0.717, 1.165) is 5.56 Å². The molecule has 1 aromatic rings. The monoisotopic (exact) mass is 255 g/mol. The van der Waals surface area contributed by atoms with Crippen LogP contribution in [0.25, 0.3) is 0 Å². The van der Waals surface area contributed by atoms with Gasteiger partial charge in [0.2, 0.25) is 0 Å². The molecule has 0 bridgehead atoms. The van der Waals surface area contributed by atoms with Gasteiger partial charge >= 0.3 is 0 Å². The van der Waals surface area contributed by atoms with Gasteiger partial charge in [-0.05, 0) is 23.1 Å². The predicted octanol–water partition coefficient (Wildman–Crippen LogP) is 2.33. The summed E-state index contributed by atoms with van der Waals surface area (Å²) in [6, 6.07) is 4.85. The minimum atomic E-state index is -0.430. The van der Waals surface area contributed by atoms with Gasteiger partial charge in [-0.2, -0.15) is 0 Å². The van der Waals surface area contributed by atoms with E-state index in [1.807, 2.05) is 20.8 Å². The average molecular weight is 255 g/mol. The molecule has 0 amide bonds.